The van der Waals surface area contributed by atoms with E-state index in [0.717, 1.165) is 39.9 Å². The van der Waals surface area contributed by atoms with Gasteiger partial charge in [-0.15, -0.1) is 11.6 Å². The SMILES string of the molecule is CN(C)C(=O)Sc1ccc(-c2ccc([C@@H](CCl)NC(=O)c3c(F)cccc3F)cc2)cc1. The lowest BCUT2D eigenvalue weighted by Gasteiger charge is -2.17. The van der Waals surface area contributed by atoms with Gasteiger partial charge in [-0.2, -0.15) is 0 Å². The molecule has 1 atom stereocenters. The molecule has 0 saturated heterocycles. The molecule has 0 aliphatic carbocycles. The van der Waals surface area contributed by atoms with Gasteiger partial charge in [-0.05, 0) is 52.7 Å². The number of hydrogen-bond donors (Lipinski definition) is 1. The normalized spacial score (nSPS) is 11.7. The first-order valence-electron chi connectivity index (χ1n) is 9.70. The molecule has 32 heavy (non-hydrogen) atoms. The van der Waals surface area contributed by atoms with Gasteiger partial charge in [0.05, 0.1) is 6.04 Å². The fourth-order valence-corrected chi connectivity index (χ4v) is 3.88. The van der Waals surface area contributed by atoms with E-state index < -0.39 is 29.1 Å². The van der Waals surface area contributed by atoms with Gasteiger partial charge in [0.15, 0.2) is 0 Å². The molecule has 0 saturated carbocycles. The quantitative estimate of drug-likeness (QED) is 0.346. The van der Waals surface area contributed by atoms with Crippen LogP contribution in [-0.4, -0.2) is 36.0 Å². The van der Waals surface area contributed by atoms with Gasteiger partial charge in [-0.1, -0.05) is 42.5 Å². The second kappa shape index (κ2) is 10.6. The van der Waals surface area contributed by atoms with Crippen LogP contribution in [0.1, 0.15) is 22.0 Å². The van der Waals surface area contributed by atoms with Crippen LogP contribution in [-0.2, 0) is 0 Å². The summed E-state index contributed by atoms with van der Waals surface area (Å²) in [7, 11) is 3.41. The highest BCUT2D eigenvalue weighted by Gasteiger charge is 2.21. The van der Waals surface area contributed by atoms with Crippen molar-refractivity contribution in [2.24, 2.45) is 0 Å². The Morgan fingerprint density at radius 2 is 1.47 bits per heavy atom. The van der Waals surface area contributed by atoms with Crippen molar-refractivity contribution in [3.05, 3.63) is 89.5 Å². The average molecular weight is 475 g/mol. The molecule has 0 unspecified atom stereocenters. The van der Waals surface area contributed by atoms with E-state index in [4.69, 9.17) is 11.6 Å². The second-order valence-electron chi connectivity index (χ2n) is 7.19. The molecular formula is C24H21ClF2N2O2S. The highest BCUT2D eigenvalue weighted by molar-refractivity contribution is 8.13. The summed E-state index contributed by atoms with van der Waals surface area (Å²) in [5, 5.41) is 2.54. The predicted octanol–water partition coefficient (Wildman–Crippen LogP) is 6.12. The maximum Gasteiger partial charge on any atom is 0.285 e. The van der Waals surface area contributed by atoms with Crippen molar-refractivity contribution in [3.8, 4) is 11.1 Å². The molecule has 166 valence electrons. The standard InChI is InChI=1S/C24H21ClF2N2O2S/c1-29(2)24(31)32-18-12-10-16(11-13-18)15-6-8-17(9-7-15)21(14-25)28-23(30)22-19(26)4-3-5-20(22)27/h3-13,21H,14H2,1-2H3,(H,28,30)/t21-/m1/s1. The fraction of sp³-hybridized carbons (Fsp3) is 0.167. The van der Waals surface area contributed by atoms with Crippen molar-refractivity contribution < 1.29 is 18.4 Å². The number of rotatable bonds is 6. The van der Waals surface area contributed by atoms with Crippen LogP contribution < -0.4 is 5.32 Å². The molecule has 0 aliphatic heterocycles. The summed E-state index contributed by atoms with van der Waals surface area (Å²) in [6.07, 6.45) is 0. The van der Waals surface area contributed by atoms with E-state index in [-0.39, 0.29) is 11.1 Å². The number of benzene rings is 3. The van der Waals surface area contributed by atoms with E-state index in [1.165, 1.54) is 11.0 Å². The molecule has 0 fully saturated rings. The van der Waals surface area contributed by atoms with Gasteiger partial charge in [0.1, 0.15) is 17.2 Å². The summed E-state index contributed by atoms with van der Waals surface area (Å²) in [4.78, 5) is 26.6. The third-order valence-electron chi connectivity index (χ3n) is 4.72. The molecule has 2 amide bonds. The Kier molecular flexibility index (Phi) is 7.88. The van der Waals surface area contributed by atoms with Gasteiger partial charge in [0.2, 0.25) is 0 Å². The zero-order valence-electron chi connectivity index (χ0n) is 17.4. The van der Waals surface area contributed by atoms with Crippen LogP contribution in [0.2, 0.25) is 0 Å². The van der Waals surface area contributed by atoms with Crippen LogP contribution in [0.25, 0.3) is 11.1 Å². The number of nitrogens with one attached hydrogen (secondary N) is 1. The van der Waals surface area contributed by atoms with Gasteiger partial charge in [0.25, 0.3) is 11.1 Å². The molecule has 3 aromatic rings. The number of nitrogens with zero attached hydrogens (tertiary/aromatic N) is 1. The highest BCUT2D eigenvalue weighted by Crippen LogP contribution is 2.27. The third kappa shape index (κ3) is 5.66. The van der Waals surface area contributed by atoms with Crippen molar-refractivity contribution in [3.63, 3.8) is 0 Å². The number of halogens is 3. The maximum atomic E-state index is 13.9. The first-order valence-corrected chi connectivity index (χ1v) is 11.1. The Morgan fingerprint density at radius 1 is 0.938 bits per heavy atom. The van der Waals surface area contributed by atoms with Crippen molar-refractivity contribution in [2.45, 2.75) is 10.9 Å². The number of amides is 2. The Balaban J connectivity index is 1.72. The largest absolute Gasteiger partial charge is 0.344 e. The van der Waals surface area contributed by atoms with Crippen molar-refractivity contribution in [2.75, 3.05) is 20.0 Å². The van der Waals surface area contributed by atoms with E-state index >= 15 is 0 Å². The molecule has 0 radical (unpaired) electrons. The lowest BCUT2D eigenvalue weighted by Crippen LogP contribution is -2.31. The van der Waals surface area contributed by atoms with Crippen molar-refractivity contribution in [1.82, 2.24) is 10.2 Å². The zero-order valence-corrected chi connectivity index (χ0v) is 19.0. The van der Waals surface area contributed by atoms with Gasteiger partial charge in [-0.3, -0.25) is 9.59 Å². The molecule has 3 rings (SSSR count). The smallest absolute Gasteiger partial charge is 0.285 e. The Morgan fingerprint density at radius 3 is 1.97 bits per heavy atom. The molecule has 0 aliphatic rings. The Labute approximate surface area is 194 Å². The number of carbonyl (C=O) groups is 2. The molecule has 8 heteroatoms. The van der Waals surface area contributed by atoms with E-state index in [9.17, 15) is 18.4 Å². The van der Waals surface area contributed by atoms with Crippen LogP contribution in [0, 0.1) is 11.6 Å². The van der Waals surface area contributed by atoms with Crippen LogP contribution in [0.4, 0.5) is 13.6 Å². The van der Waals surface area contributed by atoms with Crippen molar-refractivity contribution in [1.29, 1.82) is 0 Å². The molecule has 1 N–H and O–H groups in total. The Hall–Kier alpha value is -2.90. The number of hydrogen-bond acceptors (Lipinski definition) is 3. The van der Waals surface area contributed by atoms with Crippen LogP contribution in [0.5, 0.6) is 0 Å². The number of alkyl halides is 1. The summed E-state index contributed by atoms with van der Waals surface area (Å²) >= 11 is 7.17. The monoisotopic (exact) mass is 474 g/mol. The molecule has 0 aromatic heterocycles. The molecule has 0 bridgehead atoms. The summed E-state index contributed by atoms with van der Waals surface area (Å²) in [6, 6.07) is 17.6. The lowest BCUT2D eigenvalue weighted by molar-refractivity contribution is 0.0932. The predicted molar refractivity (Wildman–Crippen MR) is 124 cm³/mol. The highest BCUT2D eigenvalue weighted by atomic mass is 35.5. The maximum absolute atomic E-state index is 13.9. The van der Waals surface area contributed by atoms with Crippen LogP contribution in [0.3, 0.4) is 0 Å². The first-order chi connectivity index (χ1) is 15.3. The molecule has 3 aromatic carbocycles. The summed E-state index contributed by atoms with van der Waals surface area (Å²) in [5.74, 6) is -2.69. The second-order valence-corrected chi connectivity index (χ2v) is 8.52. The van der Waals surface area contributed by atoms with Crippen molar-refractivity contribution >= 4 is 34.5 Å². The Bertz CT molecular complexity index is 1090. The molecular weight excluding hydrogens is 454 g/mol. The summed E-state index contributed by atoms with van der Waals surface area (Å²) in [6.45, 7) is 0. The lowest BCUT2D eigenvalue weighted by atomic mass is 10.0. The van der Waals surface area contributed by atoms with E-state index in [0.29, 0.717) is 5.56 Å². The van der Waals surface area contributed by atoms with E-state index in [2.05, 4.69) is 5.32 Å². The molecule has 0 heterocycles. The van der Waals surface area contributed by atoms with Gasteiger partial charge < -0.3 is 10.2 Å². The molecule has 4 nitrogen and oxygen atoms in total. The minimum Gasteiger partial charge on any atom is -0.344 e. The summed E-state index contributed by atoms with van der Waals surface area (Å²) in [5.41, 5.74) is 1.96. The number of carbonyl (C=O) groups excluding carboxylic acids is 2. The van der Waals surface area contributed by atoms with Crippen LogP contribution in [0.15, 0.2) is 71.6 Å². The fourth-order valence-electron chi connectivity index (χ4n) is 2.97. The minimum absolute atomic E-state index is 0.0347. The molecule has 0 spiro atoms. The van der Waals surface area contributed by atoms with E-state index in [1.54, 1.807) is 26.2 Å². The van der Waals surface area contributed by atoms with E-state index in [1.807, 2.05) is 36.4 Å². The van der Waals surface area contributed by atoms with Gasteiger partial charge in [-0.25, -0.2) is 8.78 Å². The number of thioether (sulfide) groups is 1. The topological polar surface area (TPSA) is 49.4 Å². The summed E-state index contributed by atoms with van der Waals surface area (Å²) < 4.78 is 27.8. The average Bonchev–Trinajstić information content (AvgIpc) is 2.78. The minimum atomic E-state index is -0.930. The third-order valence-corrected chi connectivity index (χ3v) is 6.08. The zero-order chi connectivity index (χ0) is 23.3. The van der Waals surface area contributed by atoms with Gasteiger partial charge in [0, 0.05) is 24.9 Å². The van der Waals surface area contributed by atoms with Crippen LogP contribution >= 0.6 is 23.4 Å². The first kappa shape index (κ1) is 23.8. The van der Waals surface area contributed by atoms with Gasteiger partial charge >= 0.3 is 0 Å².